The van der Waals surface area contributed by atoms with Crippen molar-refractivity contribution in [2.75, 3.05) is 6.61 Å². The predicted octanol–water partition coefficient (Wildman–Crippen LogP) is 3.19. The number of carbonyl (C=O) groups is 1. The third-order valence-corrected chi connectivity index (χ3v) is 3.64. The summed E-state index contributed by atoms with van der Waals surface area (Å²) in [5.41, 5.74) is 1.49. The molecule has 0 spiro atoms. The van der Waals surface area contributed by atoms with Gasteiger partial charge in [-0.3, -0.25) is 9.78 Å². The van der Waals surface area contributed by atoms with Crippen molar-refractivity contribution in [1.29, 1.82) is 0 Å². The number of aromatic nitrogens is 1. The molecule has 2 aromatic rings. The van der Waals surface area contributed by atoms with E-state index in [-0.39, 0.29) is 24.0 Å². The molecule has 2 rings (SSSR count). The number of nitrogens with one attached hydrogen (secondary N) is 1. The van der Waals surface area contributed by atoms with E-state index in [1.165, 1.54) is 0 Å². The van der Waals surface area contributed by atoms with Crippen LogP contribution in [0.2, 0.25) is 0 Å². The summed E-state index contributed by atoms with van der Waals surface area (Å²) in [6.07, 6.45) is 4.16. The summed E-state index contributed by atoms with van der Waals surface area (Å²) in [5, 5.41) is 12.4. The number of ether oxygens (including phenoxy) is 1. The first kappa shape index (κ1) is 18.9. The monoisotopic (exact) mass is 342 g/mol. The molecule has 1 amide bonds. The summed E-state index contributed by atoms with van der Waals surface area (Å²) >= 11 is 0. The van der Waals surface area contributed by atoms with Crippen LogP contribution in [-0.2, 0) is 6.61 Å². The van der Waals surface area contributed by atoms with Crippen molar-refractivity contribution in [1.82, 2.24) is 10.3 Å². The van der Waals surface area contributed by atoms with Crippen LogP contribution in [-0.4, -0.2) is 28.6 Å². The number of aliphatic hydroxyl groups is 1. The second kappa shape index (κ2) is 8.62. The van der Waals surface area contributed by atoms with Crippen LogP contribution in [0.25, 0.3) is 0 Å². The molecular formula is C20H26N2O3. The highest BCUT2D eigenvalue weighted by atomic mass is 16.5. The summed E-state index contributed by atoms with van der Waals surface area (Å²) in [7, 11) is 0. The van der Waals surface area contributed by atoms with Crippen LogP contribution in [0.1, 0.15) is 43.1 Å². The molecule has 0 aliphatic heterocycles. The molecule has 1 unspecified atom stereocenters. The zero-order chi connectivity index (χ0) is 18.3. The highest BCUT2D eigenvalue weighted by molar-refractivity contribution is 5.94. The highest BCUT2D eigenvalue weighted by Crippen LogP contribution is 2.21. The van der Waals surface area contributed by atoms with Crippen LogP contribution >= 0.6 is 0 Å². The quantitative estimate of drug-likeness (QED) is 0.811. The van der Waals surface area contributed by atoms with Gasteiger partial charge in [-0.1, -0.05) is 32.9 Å². The standard InChI is InChI=1S/C20H26N2O3/c1-20(2,3)11-17(13-23)22-19(24)16-7-4-8-18(10-16)25-14-15-6-5-9-21-12-15/h4-10,12,17,23H,11,13-14H2,1-3H3,(H,22,24). The van der Waals surface area contributed by atoms with Gasteiger partial charge in [0.1, 0.15) is 12.4 Å². The average Bonchev–Trinajstić information content (AvgIpc) is 2.59. The molecule has 0 radical (unpaired) electrons. The molecule has 0 aliphatic carbocycles. The summed E-state index contributed by atoms with van der Waals surface area (Å²) < 4.78 is 5.73. The number of aliphatic hydroxyl groups excluding tert-OH is 1. The van der Waals surface area contributed by atoms with Gasteiger partial charge in [0.15, 0.2) is 0 Å². The van der Waals surface area contributed by atoms with Crippen molar-refractivity contribution in [3.05, 3.63) is 59.9 Å². The van der Waals surface area contributed by atoms with Gasteiger partial charge in [-0.05, 0) is 36.1 Å². The average molecular weight is 342 g/mol. The molecule has 0 saturated heterocycles. The lowest BCUT2D eigenvalue weighted by atomic mass is 9.88. The molecule has 2 N–H and O–H groups in total. The fourth-order valence-electron chi connectivity index (χ4n) is 2.55. The van der Waals surface area contributed by atoms with E-state index in [1.54, 1.807) is 30.6 Å². The molecule has 25 heavy (non-hydrogen) atoms. The number of carbonyl (C=O) groups excluding carboxylic acids is 1. The lowest BCUT2D eigenvalue weighted by molar-refractivity contribution is 0.0897. The van der Waals surface area contributed by atoms with E-state index in [2.05, 4.69) is 31.1 Å². The zero-order valence-electron chi connectivity index (χ0n) is 15.0. The van der Waals surface area contributed by atoms with Crippen molar-refractivity contribution < 1.29 is 14.6 Å². The van der Waals surface area contributed by atoms with E-state index in [0.29, 0.717) is 24.3 Å². The minimum Gasteiger partial charge on any atom is -0.489 e. The first-order chi connectivity index (χ1) is 11.9. The molecular weight excluding hydrogens is 316 g/mol. The first-order valence-electron chi connectivity index (χ1n) is 8.41. The predicted molar refractivity (Wildman–Crippen MR) is 97.4 cm³/mol. The SMILES string of the molecule is CC(C)(C)CC(CO)NC(=O)c1cccc(OCc2cccnc2)c1. The number of nitrogens with zero attached hydrogens (tertiary/aromatic N) is 1. The molecule has 5 heteroatoms. The summed E-state index contributed by atoms with van der Waals surface area (Å²) in [5.74, 6) is 0.406. The molecule has 1 aromatic heterocycles. The number of hydrogen-bond donors (Lipinski definition) is 2. The number of pyridine rings is 1. The minimum atomic E-state index is -0.271. The fraction of sp³-hybridized carbons (Fsp3) is 0.400. The van der Waals surface area contributed by atoms with Crippen molar-refractivity contribution >= 4 is 5.91 Å². The van der Waals surface area contributed by atoms with E-state index in [9.17, 15) is 9.90 Å². The number of amides is 1. The Hall–Kier alpha value is -2.40. The van der Waals surface area contributed by atoms with E-state index < -0.39 is 0 Å². The van der Waals surface area contributed by atoms with Crippen LogP contribution in [0.15, 0.2) is 48.8 Å². The van der Waals surface area contributed by atoms with Crippen LogP contribution in [0, 0.1) is 5.41 Å². The largest absolute Gasteiger partial charge is 0.489 e. The Balaban J connectivity index is 1.98. The molecule has 1 aromatic carbocycles. The Labute approximate surface area is 149 Å². The van der Waals surface area contributed by atoms with Gasteiger partial charge < -0.3 is 15.2 Å². The van der Waals surface area contributed by atoms with Gasteiger partial charge in [0.2, 0.25) is 0 Å². The molecule has 5 nitrogen and oxygen atoms in total. The molecule has 0 saturated carbocycles. The number of benzene rings is 1. The third-order valence-electron chi connectivity index (χ3n) is 3.64. The molecule has 0 bridgehead atoms. The molecule has 0 fully saturated rings. The van der Waals surface area contributed by atoms with Gasteiger partial charge in [-0.2, -0.15) is 0 Å². The number of hydrogen-bond acceptors (Lipinski definition) is 4. The lowest BCUT2D eigenvalue weighted by Crippen LogP contribution is -2.40. The Bertz CT molecular complexity index is 681. The molecule has 0 aliphatic rings. The highest BCUT2D eigenvalue weighted by Gasteiger charge is 2.20. The molecule has 134 valence electrons. The van der Waals surface area contributed by atoms with E-state index in [0.717, 1.165) is 5.56 Å². The smallest absolute Gasteiger partial charge is 0.251 e. The lowest BCUT2D eigenvalue weighted by Gasteiger charge is -2.25. The van der Waals surface area contributed by atoms with Gasteiger partial charge >= 0.3 is 0 Å². The maximum absolute atomic E-state index is 12.4. The van der Waals surface area contributed by atoms with Crippen molar-refractivity contribution in [2.45, 2.75) is 39.8 Å². The first-order valence-corrected chi connectivity index (χ1v) is 8.41. The van der Waals surface area contributed by atoms with Gasteiger partial charge in [0.25, 0.3) is 5.91 Å². The summed E-state index contributed by atoms with van der Waals surface area (Å²) in [4.78, 5) is 16.5. The topological polar surface area (TPSA) is 71.5 Å². The second-order valence-electron chi connectivity index (χ2n) is 7.30. The minimum absolute atomic E-state index is 0.0232. The third kappa shape index (κ3) is 6.55. The summed E-state index contributed by atoms with van der Waals surface area (Å²) in [6.45, 7) is 6.54. The Morgan fingerprint density at radius 1 is 1.28 bits per heavy atom. The molecule has 1 heterocycles. The van der Waals surface area contributed by atoms with Gasteiger partial charge in [-0.25, -0.2) is 0 Å². The maximum atomic E-state index is 12.4. The number of rotatable bonds is 7. The van der Waals surface area contributed by atoms with Crippen LogP contribution < -0.4 is 10.1 Å². The van der Waals surface area contributed by atoms with Crippen LogP contribution in [0.3, 0.4) is 0 Å². The van der Waals surface area contributed by atoms with Crippen LogP contribution in [0.5, 0.6) is 5.75 Å². The molecule has 1 atom stereocenters. The fourth-order valence-corrected chi connectivity index (χ4v) is 2.55. The summed E-state index contributed by atoms with van der Waals surface area (Å²) in [6, 6.07) is 10.5. The zero-order valence-corrected chi connectivity index (χ0v) is 15.0. The van der Waals surface area contributed by atoms with Gasteiger partial charge in [0.05, 0.1) is 12.6 Å². The van der Waals surface area contributed by atoms with Crippen LogP contribution in [0.4, 0.5) is 0 Å². The van der Waals surface area contributed by atoms with Gasteiger partial charge in [-0.15, -0.1) is 0 Å². The van der Waals surface area contributed by atoms with Crippen molar-refractivity contribution in [3.8, 4) is 5.75 Å². The maximum Gasteiger partial charge on any atom is 0.251 e. The Kier molecular flexibility index (Phi) is 6.53. The normalized spacial score (nSPS) is 12.5. The second-order valence-corrected chi connectivity index (χ2v) is 7.30. The Morgan fingerprint density at radius 3 is 2.72 bits per heavy atom. The van der Waals surface area contributed by atoms with E-state index >= 15 is 0 Å². The van der Waals surface area contributed by atoms with E-state index in [1.807, 2.05) is 18.2 Å². The Morgan fingerprint density at radius 2 is 2.08 bits per heavy atom. The van der Waals surface area contributed by atoms with E-state index in [4.69, 9.17) is 4.74 Å². The van der Waals surface area contributed by atoms with Crippen molar-refractivity contribution in [3.63, 3.8) is 0 Å². The van der Waals surface area contributed by atoms with Crippen molar-refractivity contribution in [2.24, 2.45) is 5.41 Å². The van der Waals surface area contributed by atoms with Gasteiger partial charge in [0, 0.05) is 23.5 Å².